The molecule has 0 spiro atoms. The largest absolute Gasteiger partial charge is 0.465 e. The van der Waals surface area contributed by atoms with Gasteiger partial charge in [-0.1, -0.05) is 18.2 Å². The molecule has 0 bridgehead atoms. The second-order valence-electron chi connectivity index (χ2n) is 2.53. The van der Waals surface area contributed by atoms with Gasteiger partial charge < -0.3 is 9.47 Å². The van der Waals surface area contributed by atoms with Crippen LogP contribution in [0.25, 0.3) is 0 Å². The summed E-state index contributed by atoms with van der Waals surface area (Å²) in [5.74, 6) is 0.770. The standard InChI is InChI=1S/C10H13O2/c1-8-6-4-5-7-10(8)12-9(2)11-3/h4-7,9H,1H2,2-3H3. The molecule has 1 radical (unpaired) electrons. The molecule has 2 nitrogen and oxygen atoms in total. The molecular weight excluding hydrogens is 152 g/mol. The predicted octanol–water partition coefficient (Wildman–Crippen LogP) is 2.24. The lowest BCUT2D eigenvalue weighted by atomic mass is 10.2. The molecular formula is C10H13O2. The van der Waals surface area contributed by atoms with Crippen molar-refractivity contribution in [3.05, 3.63) is 36.8 Å². The van der Waals surface area contributed by atoms with E-state index in [1.807, 2.05) is 31.2 Å². The maximum absolute atomic E-state index is 5.41. The van der Waals surface area contributed by atoms with Crippen molar-refractivity contribution in [1.82, 2.24) is 0 Å². The average molecular weight is 165 g/mol. The summed E-state index contributed by atoms with van der Waals surface area (Å²) in [6.07, 6.45) is -0.229. The molecule has 0 aliphatic heterocycles. The van der Waals surface area contributed by atoms with Crippen LogP contribution >= 0.6 is 0 Å². The summed E-state index contributed by atoms with van der Waals surface area (Å²) in [5.41, 5.74) is 0.876. The van der Waals surface area contributed by atoms with Crippen molar-refractivity contribution in [1.29, 1.82) is 0 Å². The maximum atomic E-state index is 5.41. The molecule has 0 N–H and O–H groups in total. The van der Waals surface area contributed by atoms with E-state index < -0.39 is 0 Å². The minimum absolute atomic E-state index is 0.229. The number of rotatable bonds is 3. The molecule has 1 aromatic carbocycles. The Kier molecular flexibility index (Phi) is 3.11. The van der Waals surface area contributed by atoms with Crippen LogP contribution in [0.4, 0.5) is 0 Å². The van der Waals surface area contributed by atoms with E-state index in [9.17, 15) is 0 Å². The van der Waals surface area contributed by atoms with Gasteiger partial charge in [0.2, 0.25) is 0 Å². The molecule has 0 heterocycles. The molecule has 0 saturated carbocycles. The zero-order chi connectivity index (χ0) is 8.97. The molecule has 0 saturated heterocycles. The molecule has 0 aliphatic rings. The van der Waals surface area contributed by atoms with Crippen LogP contribution in [0.1, 0.15) is 12.5 Å². The Morgan fingerprint density at radius 1 is 1.33 bits per heavy atom. The van der Waals surface area contributed by atoms with E-state index in [2.05, 4.69) is 6.92 Å². The van der Waals surface area contributed by atoms with Crippen molar-refractivity contribution in [2.45, 2.75) is 13.2 Å². The van der Waals surface area contributed by atoms with Crippen molar-refractivity contribution >= 4 is 0 Å². The number of hydrogen-bond acceptors (Lipinski definition) is 2. The molecule has 0 aromatic heterocycles. The van der Waals surface area contributed by atoms with E-state index in [4.69, 9.17) is 9.47 Å². The van der Waals surface area contributed by atoms with E-state index in [-0.39, 0.29) is 6.29 Å². The average Bonchev–Trinajstić information content (AvgIpc) is 2.09. The smallest absolute Gasteiger partial charge is 0.196 e. The third-order valence-corrected chi connectivity index (χ3v) is 1.60. The summed E-state index contributed by atoms with van der Waals surface area (Å²) in [6.45, 7) is 5.67. The first kappa shape index (κ1) is 9.07. The van der Waals surface area contributed by atoms with Crippen LogP contribution in [0.5, 0.6) is 5.75 Å². The molecule has 0 aliphatic carbocycles. The fraction of sp³-hybridized carbons (Fsp3) is 0.300. The first-order chi connectivity index (χ1) is 5.74. The van der Waals surface area contributed by atoms with Gasteiger partial charge in [0.1, 0.15) is 5.75 Å². The highest BCUT2D eigenvalue weighted by Crippen LogP contribution is 2.17. The topological polar surface area (TPSA) is 18.5 Å². The van der Waals surface area contributed by atoms with Crippen LogP contribution in [0, 0.1) is 6.92 Å². The number of hydrogen-bond donors (Lipinski definition) is 0. The molecule has 1 unspecified atom stereocenters. The molecule has 12 heavy (non-hydrogen) atoms. The van der Waals surface area contributed by atoms with Crippen LogP contribution < -0.4 is 4.74 Å². The quantitative estimate of drug-likeness (QED) is 0.639. The lowest BCUT2D eigenvalue weighted by molar-refractivity contribution is -0.0385. The third kappa shape index (κ3) is 2.24. The monoisotopic (exact) mass is 165 g/mol. The lowest BCUT2D eigenvalue weighted by Gasteiger charge is -2.13. The van der Waals surface area contributed by atoms with E-state index in [1.54, 1.807) is 7.11 Å². The van der Waals surface area contributed by atoms with Gasteiger partial charge in [-0.15, -0.1) is 0 Å². The minimum atomic E-state index is -0.229. The van der Waals surface area contributed by atoms with E-state index in [0.717, 1.165) is 11.3 Å². The van der Waals surface area contributed by atoms with Crippen LogP contribution in [-0.4, -0.2) is 13.4 Å². The van der Waals surface area contributed by atoms with Gasteiger partial charge in [-0.05, 0) is 25.5 Å². The van der Waals surface area contributed by atoms with Gasteiger partial charge in [0.15, 0.2) is 6.29 Å². The normalized spacial score (nSPS) is 12.6. The van der Waals surface area contributed by atoms with E-state index in [1.165, 1.54) is 0 Å². The zero-order valence-electron chi connectivity index (χ0n) is 7.41. The molecule has 1 rings (SSSR count). The highest BCUT2D eigenvalue weighted by Gasteiger charge is 2.02. The number of benzene rings is 1. The SMILES string of the molecule is [CH2]c1ccccc1OC(C)OC. The highest BCUT2D eigenvalue weighted by molar-refractivity contribution is 5.35. The second kappa shape index (κ2) is 4.12. The first-order valence-corrected chi connectivity index (χ1v) is 3.84. The Balaban J connectivity index is 2.69. The number of para-hydroxylation sites is 1. The Morgan fingerprint density at radius 3 is 2.58 bits per heavy atom. The van der Waals surface area contributed by atoms with E-state index >= 15 is 0 Å². The van der Waals surface area contributed by atoms with Crippen LogP contribution in [0.2, 0.25) is 0 Å². The lowest BCUT2D eigenvalue weighted by Crippen LogP contribution is -2.13. The van der Waals surface area contributed by atoms with Gasteiger partial charge in [-0.2, -0.15) is 0 Å². The zero-order valence-corrected chi connectivity index (χ0v) is 7.41. The van der Waals surface area contributed by atoms with Gasteiger partial charge in [-0.25, -0.2) is 0 Å². The summed E-state index contributed by atoms with van der Waals surface area (Å²) < 4.78 is 10.4. The van der Waals surface area contributed by atoms with Crippen molar-refractivity contribution in [2.75, 3.05) is 7.11 Å². The maximum Gasteiger partial charge on any atom is 0.196 e. The van der Waals surface area contributed by atoms with E-state index in [0.29, 0.717) is 0 Å². The van der Waals surface area contributed by atoms with Crippen LogP contribution in [0.15, 0.2) is 24.3 Å². The molecule has 0 amide bonds. The van der Waals surface area contributed by atoms with Crippen molar-refractivity contribution in [3.63, 3.8) is 0 Å². The molecule has 65 valence electrons. The fourth-order valence-electron chi connectivity index (χ4n) is 0.846. The van der Waals surface area contributed by atoms with Gasteiger partial charge in [0, 0.05) is 7.11 Å². The minimum Gasteiger partial charge on any atom is -0.465 e. The Bertz CT molecular complexity index is 245. The fourth-order valence-corrected chi connectivity index (χ4v) is 0.846. The number of ether oxygens (including phenoxy) is 2. The first-order valence-electron chi connectivity index (χ1n) is 3.84. The second-order valence-corrected chi connectivity index (χ2v) is 2.53. The third-order valence-electron chi connectivity index (χ3n) is 1.60. The van der Waals surface area contributed by atoms with Gasteiger partial charge in [0.25, 0.3) is 0 Å². The van der Waals surface area contributed by atoms with Crippen LogP contribution in [-0.2, 0) is 4.74 Å². The summed E-state index contributed by atoms with van der Waals surface area (Å²) in [7, 11) is 1.61. The van der Waals surface area contributed by atoms with Gasteiger partial charge in [-0.3, -0.25) is 0 Å². The molecule has 2 heteroatoms. The van der Waals surface area contributed by atoms with Gasteiger partial charge >= 0.3 is 0 Å². The van der Waals surface area contributed by atoms with Gasteiger partial charge in [0.05, 0.1) is 0 Å². The molecule has 1 aromatic rings. The predicted molar refractivity (Wildman–Crippen MR) is 48.0 cm³/mol. The summed E-state index contributed by atoms with van der Waals surface area (Å²) >= 11 is 0. The molecule has 0 fully saturated rings. The Morgan fingerprint density at radius 2 is 2.00 bits per heavy atom. The van der Waals surface area contributed by atoms with Crippen molar-refractivity contribution < 1.29 is 9.47 Å². The van der Waals surface area contributed by atoms with Crippen molar-refractivity contribution in [2.24, 2.45) is 0 Å². The summed E-state index contributed by atoms with van der Waals surface area (Å²) in [5, 5.41) is 0. The Labute approximate surface area is 73.1 Å². The highest BCUT2D eigenvalue weighted by atomic mass is 16.7. The van der Waals surface area contributed by atoms with Crippen molar-refractivity contribution in [3.8, 4) is 5.75 Å². The summed E-state index contributed by atoms with van der Waals surface area (Å²) in [6, 6.07) is 7.61. The number of methoxy groups -OCH3 is 1. The Hall–Kier alpha value is -1.02. The molecule has 1 atom stereocenters. The summed E-state index contributed by atoms with van der Waals surface area (Å²) in [4.78, 5) is 0. The van der Waals surface area contributed by atoms with Crippen LogP contribution in [0.3, 0.4) is 0 Å².